The van der Waals surface area contributed by atoms with Crippen molar-refractivity contribution in [3.63, 3.8) is 0 Å². The average molecular weight is 247 g/mol. The van der Waals surface area contributed by atoms with Crippen molar-refractivity contribution in [2.24, 2.45) is 11.8 Å². The van der Waals surface area contributed by atoms with Gasteiger partial charge in [-0.3, -0.25) is 0 Å². The molecule has 2 atom stereocenters. The number of hydrogen-bond donors (Lipinski definition) is 2. The highest BCUT2D eigenvalue weighted by Gasteiger charge is 2.36. The van der Waals surface area contributed by atoms with Crippen LogP contribution in [0.5, 0.6) is 0 Å². The molecule has 2 rings (SSSR count). The molecular weight excluding hydrogens is 222 g/mol. The first kappa shape index (κ1) is 13.6. The summed E-state index contributed by atoms with van der Waals surface area (Å²) in [5.74, 6) is 1.40. The van der Waals surface area contributed by atoms with Gasteiger partial charge in [-0.15, -0.1) is 0 Å². The normalized spacial score (nSPS) is 32.4. The van der Waals surface area contributed by atoms with Crippen molar-refractivity contribution in [2.75, 3.05) is 6.61 Å². The Morgan fingerprint density at radius 2 is 1.78 bits per heavy atom. The lowest BCUT2D eigenvalue weighted by Crippen LogP contribution is -2.52. The highest BCUT2D eigenvalue weighted by molar-refractivity contribution is 5.15. The molecular formula is C16H25NO. The topological polar surface area (TPSA) is 32.3 Å². The average Bonchev–Trinajstić information content (AvgIpc) is 2.37. The summed E-state index contributed by atoms with van der Waals surface area (Å²) in [5, 5.41) is 13.4. The maximum atomic E-state index is 9.79. The van der Waals surface area contributed by atoms with Crippen LogP contribution in [0.2, 0.25) is 0 Å². The van der Waals surface area contributed by atoms with Crippen LogP contribution in [-0.2, 0) is 6.54 Å². The zero-order chi connectivity index (χ0) is 13.0. The first-order chi connectivity index (χ1) is 8.63. The van der Waals surface area contributed by atoms with E-state index in [9.17, 15) is 5.11 Å². The quantitative estimate of drug-likeness (QED) is 0.857. The van der Waals surface area contributed by atoms with Gasteiger partial charge in [0.1, 0.15) is 0 Å². The van der Waals surface area contributed by atoms with Crippen molar-refractivity contribution in [3.8, 4) is 0 Å². The van der Waals surface area contributed by atoms with Crippen molar-refractivity contribution in [2.45, 2.75) is 45.2 Å². The van der Waals surface area contributed by atoms with E-state index in [4.69, 9.17) is 0 Å². The molecule has 0 aliphatic heterocycles. The summed E-state index contributed by atoms with van der Waals surface area (Å²) in [7, 11) is 0. The van der Waals surface area contributed by atoms with Gasteiger partial charge in [-0.05, 0) is 36.7 Å². The molecule has 0 saturated heterocycles. The Kier molecular flexibility index (Phi) is 4.41. The molecule has 0 bridgehead atoms. The third kappa shape index (κ3) is 3.33. The van der Waals surface area contributed by atoms with E-state index in [1.807, 2.05) is 6.07 Å². The van der Waals surface area contributed by atoms with Crippen LogP contribution in [0.25, 0.3) is 0 Å². The van der Waals surface area contributed by atoms with Gasteiger partial charge in [0.2, 0.25) is 0 Å². The Morgan fingerprint density at radius 1 is 1.17 bits per heavy atom. The van der Waals surface area contributed by atoms with Gasteiger partial charge in [0.15, 0.2) is 0 Å². The van der Waals surface area contributed by atoms with Crippen molar-refractivity contribution >= 4 is 0 Å². The molecule has 0 heterocycles. The van der Waals surface area contributed by atoms with Crippen LogP contribution >= 0.6 is 0 Å². The fraction of sp³-hybridized carbons (Fsp3) is 0.625. The highest BCUT2D eigenvalue weighted by atomic mass is 16.3. The Hall–Kier alpha value is -0.860. The zero-order valence-corrected chi connectivity index (χ0v) is 11.5. The number of aliphatic hydroxyl groups excluding tert-OH is 1. The van der Waals surface area contributed by atoms with Crippen LogP contribution in [0, 0.1) is 11.8 Å². The van der Waals surface area contributed by atoms with Crippen LogP contribution in [0.4, 0.5) is 0 Å². The lowest BCUT2D eigenvalue weighted by atomic mass is 9.72. The molecule has 1 aliphatic carbocycles. The van der Waals surface area contributed by atoms with E-state index in [-0.39, 0.29) is 12.1 Å². The largest absolute Gasteiger partial charge is 0.394 e. The molecule has 2 N–H and O–H groups in total. The zero-order valence-electron chi connectivity index (χ0n) is 11.5. The van der Waals surface area contributed by atoms with E-state index < -0.39 is 0 Å². The summed E-state index contributed by atoms with van der Waals surface area (Å²) in [6.07, 6.45) is 3.45. The predicted octanol–water partition coefficient (Wildman–Crippen LogP) is 2.96. The van der Waals surface area contributed by atoms with Crippen LogP contribution < -0.4 is 5.32 Å². The molecule has 1 aromatic rings. The summed E-state index contributed by atoms with van der Waals surface area (Å²) in [6, 6.07) is 10.4. The second kappa shape index (κ2) is 5.85. The Bertz CT molecular complexity index is 353. The summed E-state index contributed by atoms with van der Waals surface area (Å²) < 4.78 is 0. The first-order valence-corrected chi connectivity index (χ1v) is 7.03. The minimum Gasteiger partial charge on any atom is -0.394 e. The smallest absolute Gasteiger partial charge is 0.0613 e. The third-order valence-corrected chi connectivity index (χ3v) is 4.10. The maximum absolute atomic E-state index is 9.79. The molecule has 0 aromatic heterocycles. The maximum Gasteiger partial charge on any atom is 0.0613 e. The second-order valence-corrected chi connectivity index (χ2v) is 6.13. The van der Waals surface area contributed by atoms with Crippen molar-refractivity contribution in [1.82, 2.24) is 5.32 Å². The van der Waals surface area contributed by atoms with Crippen LogP contribution in [-0.4, -0.2) is 17.3 Å². The van der Waals surface area contributed by atoms with Crippen LogP contribution in [0.3, 0.4) is 0 Å². The summed E-state index contributed by atoms with van der Waals surface area (Å²) >= 11 is 0. The molecule has 2 heteroatoms. The second-order valence-electron chi connectivity index (χ2n) is 6.13. The monoisotopic (exact) mass is 247 g/mol. The van der Waals surface area contributed by atoms with E-state index in [1.165, 1.54) is 12.0 Å². The number of nitrogens with one attached hydrogen (secondary N) is 1. The van der Waals surface area contributed by atoms with E-state index in [0.29, 0.717) is 11.8 Å². The summed E-state index contributed by atoms with van der Waals surface area (Å²) in [4.78, 5) is 0. The van der Waals surface area contributed by atoms with Crippen molar-refractivity contribution < 1.29 is 5.11 Å². The predicted molar refractivity (Wildman–Crippen MR) is 75.3 cm³/mol. The van der Waals surface area contributed by atoms with Gasteiger partial charge in [0.25, 0.3) is 0 Å². The van der Waals surface area contributed by atoms with Gasteiger partial charge >= 0.3 is 0 Å². The fourth-order valence-electron chi connectivity index (χ4n) is 3.49. The molecule has 1 saturated carbocycles. The van der Waals surface area contributed by atoms with Crippen molar-refractivity contribution in [1.29, 1.82) is 0 Å². The SMILES string of the molecule is CC1CC(C)CC(CO)(NCc2ccccc2)C1. The number of hydrogen-bond acceptors (Lipinski definition) is 2. The third-order valence-electron chi connectivity index (χ3n) is 4.10. The molecule has 1 aliphatic rings. The number of rotatable bonds is 4. The Balaban J connectivity index is 2.00. The molecule has 2 unspecified atom stereocenters. The number of benzene rings is 1. The highest BCUT2D eigenvalue weighted by Crippen LogP contribution is 2.35. The van der Waals surface area contributed by atoms with Crippen LogP contribution in [0.1, 0.15) is 38.7 Å². The van der Waals surface area contributed by atoms with Gasteiger partial charge in [-0.1, -0.05) is 44.2 Å². The van der Waals surface area contributed by atoms with Crippen molar-refractivity contribution in [3.05, 3.63) is 35.9 Å². The van der Waals surface area contributed by atoms with Gasteiger partial charge in [-0.2, -0.15) is 0 Å². The van der Waals surface area contributed by atoms with E-state index in [0.717, 1.165) is 19.4 Å². The first-order valence-electron chi connectivity index (χ1n) is 7.03. The van der Waals surface area contributed by atoms with E-state index in [2.05, 4.69) is 43.4 Å². The van der Waals surface area contributed by atoms with Gasteiger partial charge < -0.3 is 10.4 Å². The fourth-order valence-corrected chi connectivity index (χ4v) is 3.49. The molecule has 0 amide bonds. The lowest BCUT2D eigenvalue weighted by Gasteiger charge is -2.42. The minimum absolute atomic E-state index is 0.0765. The van der Waals surface area contributed by atoms with Gasteiger partial charge in [0.05, 0.1) is 6.61 Å². The Morgan fingerprint density at radius 3 is 2.33 bits per heavy atom. The van der Waals surface area contributed by atoms with E-state index >= 15 is 0 Å². The molecule has 2 nitrogen and oxygen atoms in total. The van der Waals surface area contributed by atoms with E-state index in [1.54, 1.807) is 0 Å². The summed E-state index contributed by atoms with van der Waals surface area (Å²) in [6.45, 7) is 5.68. The molecule has 1 fully saturated rings. The minimum atomic E-state index is -0.0765. The molecule has 100 valence electrons. The Labute approximate surface area is 110 Å². The number of aliphatic hydroxyl groups is 1. The summed E-state index contributed by atoms with van der Waals surface area (Å²) in [5.41, 5.74) is 1.21. The molecule has 18 heavy (non-hydrogen) atoms. The molecule has 1 aromatic carbocycles. The van der Waals surface area contributed by atoms with Crippen LogP contribution in [0.15, 0.2) is 30.3 Å². The van der Waals surface area contributed by atoms with Gasteiger partial charge in [0, 0.05) is 12.1 Å². The van der Waals surface area contributed by atoms with Gasteiger partial charge in [-0.25, -0.2) is 0 Å². The lowest BCUT2D eigenvalue weighted by molar-refractivity contribution is 0.0744. The molecule has 0 radical (unpaired) electrons. The standard InChI is InChI=1S/C16H25NO/c1-13-8-14(2)10-16(9-13,12-18)17-11-15-6-4-3-5-7-15/h3-7,13-14,17-18H,8-12H2,1-2H3. The molecule has 0 spiro atoms.